The van der Waals surface area contributed by atoms with Gasteiger partial charge in [-0.25, -0.2) is 0 Å². The molecule has 1 aromatic carbocycles. The molecule has 2 heterocycles. The van der Waals surface area contributed by atoms with Gasteiger partial charge in [-0.1, -0.05) is 36.4 Å². The highest BCUT2D eigenvalue weighted by molar-refractivity contribution is 7.10. The molecule has 0 radical (unpaired) electrons. The third kappa shape index (κ3) is 7.08. The monoisotopic (exact) mass is 441 g/mol. The number of benzene rings is 1. The molecule has 2 N–H and O–H groups in total. The number of nitrogens with one attached hydrogen (secondary N) is 2. The first-order valence-corrected chi connectivity index (χ1v) is 12.0. The van der Waals surface area contributed by atoms with Crippen LogP contribution in [0.5, 0.6) is 0 Å². The van der Waals surface area contributed by atoms with Gasteiger partial charge >= 0.3 is 0 Å². The van der Waals surface area contributed by atoms with E-state index in [4.69, 9.17) is 4.99 Å². The van der Waals surface area contributed by atoms with Crippen LogP contribution in [0.3, 0.4) is 0 Å². The van der Waals surface area contributed by atoms with Crippen molar-refractivity contribution in [2.75, 3.05) is 46.8 Å². The number of likely N-dealkylation sites (tertiary alicyclic amines) is 1. The van der Waals surface area contributed by atoms with Crippen LogP contribution < -0.4 is 10.6 Å². The highest BCUT2D eigenvalue weighted by Crippen LogP contribution is 2.23. The highest BCUT2D eigenvalue weighted by Gasteiger charge is 2.29. The molecule has 2 atom stereocenters. The van der Waals surface area contributed by atoms with E-state index in [-0.39, 0.29) is 11.9 Å². The predicted octanol–water partition coefficient (Wildman–Crippen LogP) is 3.00. The Bertz CT molecular complexity index is 822. The van der Waals surface area contributed by atoms with Crippen molar-refractivity contribution in [1.82, 2.24) is 20.4 Å². The number of likely N-dealkylation sites (N-methyl/N-ethyl adjacent to an activating group) is 1. The van der Waals surface area contributed by atoms with Crippen molar-refractivity contribution in [3.8, 4) is 0 Å². The minimum Gasteiger partial charge on any atom is -0.357 e. The molecule has 1 aromatic heterocycles. The molecule has 2 aromatic rings. The van der Waals surface area contributed by atoms with Crippen LogP contribution >= 0.6 is 11.3 Å². The van der Waals surface area contributed by atoms with E-state index in [2.05, 4.69) is 78.3 Å². The van der Waals surface area contributed by atoms with Gasteiger partial charge in [0.25, 0.3) is 0 Å². The van der Waals surface area contributed by atoms with Crippen LogP contribution in [-0.4, -0.2) is 68.5 Å². The Hall–Kier alpha value is -2.38. The molecule has 0 aliphatic carbocycles. The van der Waals surface area contributed by atoms with Crippen molar-refractivity contribution in [2.45, 2.75) is 25.8 Å². The summed E-state index contributed by atoms with van der Waals surface area (Å²) in [5, 5.41) is 8.91. The number of aliphatic imine (C=N–C) groups is 1. The number of hydrogen-bond donors (Lipinski definition) is 2. The van der Waals surface area contributed by atoms with Crippen molar-refractivity contribution in [1.29, 1.82) is 0 Å². The third-order valence-electron chi connectivity index (χ3n) is 5.63. The molecule has 1 aliphatic rings. The zero-order chi connectivity index (χ0) is 22.1. The largest absolute Gasteiger partial charge is 0.357 e. The van der Waals surface area contributed by atoms with Gasteiger partial charge in [0, 0.05) is 43.4 Å². The molecule has 1 amide bonds. The molecule has 168 valence electrons. The van der Waals surface area contributed by atoms with Crippen LogP contribution in [0.25, 0.3) is 0 Å². The Morgan fingerprint density at radius 1 is 1.23 bits per heavy atom. The summed E-state index contributed by atoms with van der Waals surface area (Å²) in [6, 6.07) is 14.9. The first-order chi connectivity index (χ1) is 15.1. The molecule has 1 saturated heterocycles. The molecule has 31 heavy (non-hydrogen) atoms. The van der Waals surface area contributed by atoms with Gasteiger partial charge < -0.3 is 20.4 Å². The smallest absolute Gasteiger partial charge is 0.223 e. The maximum absolute atomic E-state index is 12.4. The maximum atomic E-state index is 12.4. The molecule has 1 aliphatic heterocycles. The van der Waals surface area contributed by atoms with Gasteiger partial charge in [-0.2, -0.15) is 0 Å². The van der Waals surface area contributed by atoms with E-state index < -0.39 is 0 Å². The van der Waals surface area contributed by atoms with Crippen molar-refractivity contribution in [2.24, 2.45) is 10.9 Å². The first-order valence-electron chi connectivity index (χ1n) is 11.1. The highest BCUT2D eigenvalue weighted by atomic mass is 32.1. The molecule has 2 unspecified atom stereocenters. The van der Waals surface area contributed by atoms with Crippen molar-refractivity contribution in [3.63, 3.8) is 0 Å². The lowest BCUT2D eigenvalue weighted by Crippen LogP contribution is -2.41. The van der Waals surface area contributed by atoms with Crippen molar-refractivity contribution >= 4 is 23.2 Å². The molecular formula is C24H35N5OS. The summed E-state index contributed by atoms with van der Waals surface area (Å²) in [4.78, 5) is 22.8. The number of amides is 1. The summed E-state index contributed by atoms with van der Waals surface area (Å²) in [7, 11) is 4.18. The van der Waals surface area contributed by atoms with Gasteiger partial charge in [-0.3, -0.25) is 9.79 Å². The van der Waals surface area contributed by atoms with Crippen molar-refractivity contribution in [3.05, 3.63) is 58.3 Å². The van der Waals surface area contributed by atoms with Gasteiger partial charge in [0.2, 0.25) is 5.91 Å². The lowest BCUT2D eigenvalue weighted by Gasteiger charge is -2.22. The van der Waals surface area contributed by atoms with E-state index in [1.54, 1.807) is 11.3 Å². The standard InChI is InChI=1S/C24H35N5OS/c1-4-25-24(27-17-21(28(2)3)22-11-8-14-31-22)26-16-20-15-23(30)29(18-20)13-12-19-9-6-5-7-10-19/h5-11,14,20-21H,4,12-13,15-18H2,1-3H3,(H2,25,26,27). The molecule has 6 nitrogen and oxygen atoms in total. The summed E-state index contributed by atoms with van der Waals surface area (Å²) in [6.45, 7) is 5.93. The van der Waals surface area contributed by atoms with Crippen LogP contribution in [0.1, 0.15) is 29.8 Å². The number of carbonyl (C=O) groups is 1. The number of guanidine groups is 1. The first kappa shape index (κ1) is 23.3. The Morgan fingerprint density at radius 2 is 2.03 bits per heavy atom. The van der Waals surface area contributed by atoms with E-state index in [1.807, 2.05) is 11.0 Å². The summed E-state index contributed by atoms with van der Waals surface area (Å²) in [6.07, 6.45) is 1.52. The number of rotatable bonds is 10. The molecular weight excluding hydrogens is 406 g/mol. The van der Waals surface area contributed by atoms with Gasteiger partial charge in [0.1, 0.15) is 0 Å². The van der Waals surface area contributed by atoms with Crippen LogP contribution in [0, 0.1) is 5.92 Å². The summed E-state index contributed by atoms with van der Waals surface area (Å²) >= 11 is 1.77. The molecule has 7 heteroatoms. The Labute approximate surface area is 190 Å². The number of hydrogen-bond acceptors (Lipinski definition) is 4. The number of thiophene rings is 1. The van der Waals surface area contributed by atoms with Crippen LogP contribution in [-0.2, 0) is 11.2 Å². The normalized spacial score (nSPS) is 17.9. The molecule has 0 spiro atoms. The fraction of sp³-hybridized carbons (Fsp3) is 0.500. The van der Waals surface area contributed by atoms with Gasteiger partial charge in [-0.15, -0.1) is 11.3 Å². The fourth-order valence-corrected chi connectivity index (χ4v) is 4.78. The van der Waals surface area contributed by atoms with Crippen LogP contribution in [0.15, 0.2) is 52.8 Å². The summed E-state index contributed by atoms with van der Waals surface area (Å²) < 4.78 is 0. The quantitative estimate of drug-likeness (QED) is 0.440. The minimum absolute atomic E-state index is 0.259. The minimum atomic E-state index is 0.259. The summed E-state index contributed by atoms with van der Waals surface area (Å²) in [5.74, 6) is 1.39. The van der Waals surface area contributed by atoms with Gasteiger partial charge in [0.05, 0.1) is 12.6 Å². The zero-order valence-electron chi connectivity index (χ0n) is 18.9. The topological polar surface area (TPSA) is 60.0 Å². The van der Waals surface area contributed by atoms with Crippen LogP contribution in [0.4, 0.5) is 0 Å². The Morgan fingerprint density at radius 3 is 2.71 bits per heavy atom. The number of carbonyl (C=O) groups excluding carboxylic acids is 1. The summed E-state index contributed by atoms with van der Waals surface area (Å²) in [5.41, 5.74) is 1.28. The van der Waals surface area contributed by atoms with Crippen molar-refractivity contribution < 1.29 is 4.79 Å². The lowest BCUT2D eigenvalue weighted by molar-refractivity contribution is -0.127. The SMILES string of the molecule is CCNC(=NCC(c1cccs1)N(C)C)NCC1CC(=O)N(CCc2ccccc2)C1. The maximum Gasteiger partial charge on any atom is 0.223 e. The average molecular weight is 442 g/mol. The predicted molar refractivity (Wildman–Crippen MR) is 130 cm³/mol. The molecule has 1 fully saturated rings. The van der Waals surface area contributed by atoms with E-state index in [9.17, 15) is 4.79 Å². The van der Waals surface area contributed by atoms with E-state index in [1.165, 1.54) is 10.4 Å². The third-order valence-corrected chi connectivity index (χ3v) is 6.60. The Balaban J connectivity index is 1.50. The fourth-order valence-electron chi connectivity index (χ4n) is 3.86. The molecule has 3 rings (SSSR count). The average Bonchev–Trinajstić information content (AvgIpc) is 3.41. The van der Waals surface area contributed by atoms with E-state index in [0.717, 1.165) is 38.6 Å². The second-order valence-corrected chi connectivity index (χ2v) is 9.22. The lowest BCUT2D eigenvalue weighted by atomic mass is 10.1. The molecule has 0 bridgehead atoms. The van der Waals surface area contributed by atoms with Crippen LogP contribution in [0.2, 0.25) is 0 Å². The zero-order valence-corrected chi connectivity index (χ0v) is 19.7. The number of nitrogens with zero attached hydrogens (tertiary/aromatic N) is 3. The Kier molecular flexibility index (Phi) is 8.91. The van der Waals surface area contributed by atoms with Gasteiger partial charge in [0.15, 0.2) is 5.96 Å². The van der Waals surface area contributed by atoms with Gasteiger partial charge in [-0.05, 0) is 44.4 Å². The second-order valence-electron chi connectivity index (χ2n) is 8.24. The van der Waals surface area contributed by atoms with E-state index >= 15 is 0 Å². The van der Waals surface area contributed by atoms with E-state index in [0.29, 0.717) is 18.9 Å². The second kappa shape index (κ2) is 11.9. The molecule has 0 saturated carbocycles.